The summed E-state index contributed by atoms with van der Waals surface area (Å²) in [6, 6.07) is 12.0. The van der Waals surface area contributed by atoms with Gasteiger partial charge in [-0.25, -0.2) is 0 Å². The van der Waals surface area contributed by atoms with E-state index in [0.29, 0.717) is 26.3 Å². The van der Waals surface area contributed by atoms with Crippen LogP contribution >= 0.6 is 11.6 Å². The number of benzene rings is 2. The first-order valence-electron chi connectivity index (χ1n) is 9.20. The normalized spacial score (nSPS) is 18.6. The zero-order chi connectivity index (χ0) is 18.1. The lowest BCUT2D eigenvalue weighted by atomic mass is 9.75. The zero-order valence-corrected chi connectivity index (χ0v) is 15.7. The van der Waals surface area contributed by atoms with Crippen molar-refractivity contribution in [1.29, 1.82) is 0 Å². The lowest BCUT2D eigenvalue weighted by Crippen LogP contribution is -2.41. The predicted octanol–water partition coefficient (Wildman–Crippen LogP) is 4.71. The van der Waals surface area contributed by atoms with Gasteiger partial charge in [0.25, 0.3) is 0 Å². The number of fused-ring (bicyclic) bond motifs is 2. The van der Waals surface area contributed by atoms with Gasteiger partial charge in [0.1, 0.15) is 18.1 Å². The molecule has 1 saturated heterocycles. The molecule has 0 saturated carbocycles. The molecule has 138 valence electrons. The molecule has 0 unspecified atom stereocenters. The molecule has 0 N–H and O–H groups in total. The average Bonchev–Trinajstić information content (AvgIpc) is 3.01. The second-order valence-corrected chi connectivity index (χ2v) is 7.58. The summed E-state index contributed by atoms with van der Waals surface area (Å²) in [5.41, 5.74) is 3.45. The zero-order valence-electron chi connectivity index (χ0n) is 15.0. The quantitative estimate of drug-likeness (QED) is 0.780. The monoisotopic (exact) mass is 372 g/mol. The van der Waals surface area contributed by atoms with Crippen LogP contribution in [-0.4, -0.2) is 24.8 Å². The summed E-state index contributed by atoms with van der Waals surface area (Å²) in [5, 5.41) is 13.4. The van der Waals surface area contributed by atoms with Crippen LogP contribution in [0.25, 0.3) is 0 Å². The van der Waals surface area contributed by atoms with E-state index in [1.54, 1.807) is 0 Å². The molecule has 4 rings (SSSR count). The first kappa shape index (κ1) is 17.7. The molecule has 0 amide bonds. The fourth-order valence-electron chi connectivity index (χ4n) is 4.02. The minimum Gasteiger partial charge on any atom is -0.785 e. The van der Waals surface area contributed by atoms with E-state index in [1.807, 2.05) is 24.3 Å². The van der Waals surface area contributed by atoms with E-state index < -0.39 is 0 Å². The molecule has 2 aliphatic heterocycles. The lowest BCUT2D eigenvalue weighted by molar-refractivity contribution is 0.168. The Morgan fingerprint density at radius 2 is 2.04 bits per heavy atom. The molecule has 0 atom stereocenters. The number of hydrogen-bond donors (Lipinski definition) is 0. The summed E-state index contributed by atoms with van der Waals surface area (Å²) >= 11 is 6.34. The van der Waals surface area contributed by atoms with Gasteiger partial charge in [-0.1, -0.05) is 36.7 Å². The van der Waals surface area contributed by atoms with Crippen molar-refractivity contribution in [2.75, 3.05) is 19.7 Å². The average molecular weight is 373 g/mol. The Morgan fingerprint density at radius 3 is 2.81 bits per heavy atom. The van der Waals surface area contributed by atoms with Crippen molar-refractivity contribution in [1.82, 2.24) is 5.06 Å². The van der Waals surface area contributed by atoms with Crippen molar-refractivity contribution in [2.24, 2.45) is 0 Å². The minimum absolute atomic E-state index is 0.00705. The molecule has 1 fully saturated rings. The second kappa shape index (κ2) is 7.10. The molecular weight excluding hydrogens is 350 g/mol. The van der Waals surface area contributed by atoms with Gasteiger partial charge in [-0.15, -0.1) is 0 Å². The number of nitrogens with zero attached hydrogens (tertiary/aromatic N) is 1. The van der Waals surface area contributed by atoms with Crippen molar-refractivity contribution >= 4 is 11.6 Å². The van der Waals surface area contributed by atoms with E-state index in [0.717, 1.165) is 46.4 Å². The van der Waals surface area contributed by atoms with Gasteiger partial charge in [0.05, 0.1) is 6.61 Å². The first-order valence-corrected chi connectivity index (χ1v) is 9.57. The van der Waals surface area contributed by atoms with Crippen LogP contribution in [-0.2, 0) is 18.4 Å². The Labute approximate surface area is 159 Å². The third-order valence-corrected chi connectivity index (χ3v) is 6.04. The van der Waals surface area contributed by atoms with E-state index in [2.05, 4.69) is 19.1 Å². The summed E-state index contributed by atoms with van der Waals surface area (Å²) in [4.78, 5) is 0. The Bertz CT molecular complexity index is 800. The summed E-state index contributed by atoms with van der Waals surface area (Å²) < 4.78 is 12.0. The molecule has 26 heavy (non-hydrogen) atoms. The molecule has 0 aliphatic carbocycles. The highest BCUT2D eigenvalue weighted by atomic mass is 35.5. The summed E-state index contributed by atoms with van der Waals surface area (Å²) in [6.07, 6.45) is 2.62. The topological polar surface area (TPSA) is 44.8 Å². The third-order valence-electron chi connectivity index (χ3n) is 5.69. The highest BCUT2D eigenvalue weighted by Gasteiger charge is 2.41. The van der Waals surface area contributed by atoms with Crippen LogP contribution in [0.5, 0.6) is 11.5 Å². The standard InChI is InChI=1S/C21H23ClNO3/c1-2-15-4-3-5-19(22)17(15)13-25-16-6-7-18-20(12-16)26-14-21(18)8-10-23(24)11-9-21/h3-7,12H,2,8-11,13-14H2,1H3/q-1. The molecule has 5 heteroatoms. The van der Waals surface area contributed by atoms with Gasteiger partial charge in [0.2, 0.25) is 0 Å². The number of rotatable bonds is 4. The summed E-state index contributed by atoms with van der Waals surface area (Å²) in [7, 11) is 0. The largest absolute Gasteiger partial charge is 0.785 e. The van der Waals surface area contributed by atoms with Crippen molar-refractivity contribution < 1.29 is 9.47 Å². The van der Waals surface area contributed by atoms with Crippen LogP contribution in [0.4, 0.5) is 0 Å². The number of ether oxygens (including phenoxy) is 2. The van der Waals surface area contributed by atoms with Crippen molar-refractivity contribution in [3.8, 4) is 11.5 Å². The second-order valence-electron chi connectivity index (χ2n) is 7.18. The number of halogens is 1. The number of aryl methyl sites for hydroxylation is 1. The van der Waals surface area contributed by atoms with Crippen LogP contribution in [0, 0.1) is 5.21 Å². The molecule has 0 aromatic heterocycles. The van der Waals surface area contributed by atoms with E-state index >= 15 is 0 Å². The maximum absolute atomic E-state index is 11.5. The number of hydroxylamine groups is 2. The fraction of sp³-hybridized carbons (Fsp3) is 0.429. The Balaban J connectivity index is 1.51. The van der Waals surface area contributed by atoms with Crippen LogP contribution in [0.1, 0.15) is 36.5 Å². The SMILES string of the molecule is CCc1cccc(Cl)c1COc1ccc2c(c1)OCC21CCN([O-])CC1. The number of hydrogen-bond acceptors (Lipinski definition) is 4. The van der Waals surface area contributed by atoms with Crippen molar-refractivity contribution in [2.45, 2.75) is 38.2 Å². The highest BCUT2D eigenvalue weighted by Crippen LogP contribution is 2.46. The Kier molecular flexibility index (Phi) is 4.82. The predicted molar refractivity (Wildman–Crippen MR) is 103 cm³/mol. The van der Waals surface area contributed by atoms with Crippen LogP contribution in [0.15, 0.2) is 36.4 Å². The number of piperidine rings is 1. The van der Waals surface area contributed by atoms with Crippen LogP contribution in [0.3, 0.4) is 0 Å². The summed E-state index contributed by atoms with van der Waals surface area (Å²) in [6.45, 7) is 4.37. The molecular formula is C21H23ClNO3-. The molecule has 2 aromatic rings. The maximum atomic E-state index is 11.5. The minimum atomic E-state index is -0.00705. The van der Waals surface area contributed by atoms with E-state index in [4.69, 9.17) is 21.1 Å². The first-order chi connectivity index (χ1) is 12.6. The van der Waals surface area contributed by atoms with Gasteiger partial charge in [-0.3, -0.25) is 0 Å². The van der Waals surface area contributed by atoms with E-state index in [1.165, 1.54) is 11.1 Å². The maximum Gasteiger partial charge on any atom is 0.126 e. The molecule has 1 spiro atoms. The lowest BCUT2D eigenvalue weighted by Gasteiger charge is -2.41. The fourth-order valence-corrected chi connectivity index (χ4v) is 4.27. The molecule has 0 radical (unpaired) electrons. The summed E-state index contributed by atoms with van der Waals surface area (Å²) in [5.74, 6) is 1.67. The van der Waals surface area contributed by atoms with E-state index in [-0.39, 0.29) is 5.41 Å². The van der Waals surface area contributed by atoms with Gasteiger partial charge < -0.3 is 19.7 Å². The van der Waals surface area contributed by atoms with Gasteiger partial charge in [-0.05, 0) is 50.0 Å². The van der Waals surface area contributed by atoms with Gasteiger partial charge >= 0.3 is 0 Å². The molecule has 2 aliphatic rings. The molecule has 2 aromatic carbocycles. The smallest absolute Gasteiger partial charge is 0.126 e. The van der Waals surface area contributed by atoms with E-state index in [9.17, 15) is 5.21 Å². The van der Waals surface area contributed by atoms with Gasteiger partial charge in [0, 0.05) is 27.6 Å². The molecule has 0 bridgehead atoms. The van der Waals surface area contributed by atoms with Crippen LogP contribution in [0.2, 0.25) is 5.02 Å². The van der Waals surface area contributed by atoms with Crippen molar-refractivity contribution in [3.63, 3.8) is 0 Å². The highest BCUT2D eigenvalue weighted by molar-refractivity contribution is 6.31. The Hall–Kier alpha value is -1.75. The molecule has 4 nitrogen and oxygen atoms in total. The third kappa shape index (κ3) is 3.18. The van der Waals surface area contributed by atoms with Gasteiger partial charge in [0.15, 0.2) is 0 Å². The Morgan fingerprint density at radius 1 is 1.23 bits per heavy atom. The molecule has 2 heterocycles. The van der Waals surface area contributed by atoms with Gasteiger partial charge in [-0.2, -0.15) is 0 Å². The van der Waals surface area contributed by atoms with Crippen molar-refractivity contribution in [3.05, 3.63) is 63.3 Å². The van der Waals surface area contributed by atoms with Crippen LogP contribution < -0.4 is 9.47 Å².